The van der Waals surface area contributed by atoms with Gasteiger partial charge in [-0.25, -0.2) is 8.42 Å². The summed E-state index contributed by atoms with van der Waals surface area (Å²) < 4.78 is 24.1. The van der Waals surface area contributed by atoms with E-state index in [1.54, 1.807) is 24.3 Å². The molecule has 15 heavy (non-hydrogen) atoms. The number of Topliss-reactive ketones (excluding diaryl/α,β-unsaturated/α-hetero) is 1. The van der Waals surface area contributed by atoms with Crippen molar-refractivity contribution >= 4 is 21.5 Å². The van der Waals surface area contributed by atoms with Gasteiger partial charge in [0.25, 0.3) is 0 Å². The van der Waals surface area contributed by atoms with Crippen molar-refractivity contribution in [3.05, 3.63) is 29.8 Å². The summed E-state index contributed by atoms with van der Waals surface area (Å²) in [6.45, 7) is 1.52. The van der Waals surface area contributed by atoms with Gasteiger partial charge in [0.05, 0.1) is 6.26 Å². The zero-order chi connectivity index (χ0) is 11.5. The SMILES string of the molecule is CC(=O)Cc1ccc(NS(C)(=O)=O)cc1. The quantitative estimate of drug-likeness (QED) is 0.840. The molecule has 0 aliphatic heterocycles. The van der Waals surface area contributed by atoms with Crippen molar-refractivity contribution in [3.8, 4) is 0 Å². The number of carbonyl (C=O) groups excluding carboxylic acids is 1. The molecule has 0 unspecified atom stereocenters. The summed E-state index contributed by atoms with van der Waals surface area (Å²) in [5.41, 5.74) is 1.38. The van der Waals surface area contributed by atoms with Gasteiger partial charge in [0.2, 0.25) is 10.0 Å². The van der Waals surface area contributed by atoms with Gasteiger partial charge in [-0.05, 0) is 24.6 Å². The van der Waals surface area contributed by atoms with Crippen LogP contribution in [0, 0.1) is 0 Å². The molecule has 0 aliphatic carbocycles. The number of hydrogen-bond acceptors (Lipinski definition) is 3. The fourth-order valence-corrected chi connectivity index (χ4v) is 1.76. The molecule has 1 aromatic rings. The number of rotatable bonds is 4. The molecule has 4 nitrogen and oxygen atoms in total. The van der Waals surface area contributed by atoms with Crippen LogP contribution in [0.3, 0.4) is 0 Å². The van der Waals surface area contributed by atoms with Gasteiger partial charge < -0.3 is 0 Å². The predicted molar refractivity (Wildman–Crippen MR) is 59.3 cm³/mol. The summed E-state index contributed by atoms with van der Waals surface area (Å²) in [7, 11) is -3.23. The zero-order valence-electron chi connectivity index (χ0n) is 8.65. The number of benzene rings is 1. The Balaban J connectivity index is 2.77. The first kappa shape index (κ1) is 11.7. The molecule has 0 aromatic heterocycles. The van der Waals surface area contributed by atoms with Crippen LogP contribution in [-0.2, 0) is 21.2 Å². The van der Waals surface area contributed by atoms with E-state index < -0.39 is 10.0 Å². The van der Waals surface area contributed by atoms with E-state index in [2.05, 4.69) is 4.72 Å². The van der Waals surface area contributed by atoms with Crippen LogP contribution in [0.4, 0.5) is 5.69 Å². The van der Waals surface area contributed by atoms with Crippen LogP contribution in [0.2, 0.25) is 0 Å². The fraction of sp³-hybridized carbons (Fsp3) is 0.300. The molecule has 5 heteroatoms. The van der Waals surface area contributed by atoms with Gasteiger partial charge in [0.1, 0.15) is 5.78 Å². The number of anilines is 1. The second-order valence-corrected chi connectivity index (χ2v) is 5.20. The van der Waals surface area contributed by atoms with Crippen molar-refractivity contribution in [2.24, 2.45) is 0 Å². The van der Waals surface area contributed by atoms with Crippen LogP contribution < -0.4 is 4.72 Å². The second-order valence-electron chi connectivity index (χ2n) is 3.45. The van der Waals surface area contributed by atoms with Crippen LogP contribution in [0.15, 0.2) is 24.3 Å². The Morgan fingerprint density at radius 1 is 1.27 bits per heavy atom. The lowest BCUT2D eigenvalue weighted by Gasteiger charge is -2.04. The van der Waals surface area contributed by atoms with E-state index in [-0.39, 0.29) is 5.78 Å². The van der Waals surface area contributed by atoms with Crippen LogP contribution in [0.5, 0.6) is 0 Å². The van der Waals surface area contributed by atoms with E-state index in [0.717, 1.165) is 11.8 Å². The largest absolute Gasteiger partial charge is 0.300 e. The third-order valence-electron chi connectivity index (χ3n) is 1.71. The first-order valence-corrected chi connectivity index (χ1v) is 6.32. The Morgan fingerprint density at radius 3 is 2.20 bits per heavy atom. The standard InChI is InChI=1S/C10H13NO3S/c1-8(12)7-9-3-5-10(6-4-9)11-15(2,13)14/h3-6,11H,7H2,1-2H3. The summed E-state index contributed by atoms with van der Waals surface area (Å²) in [6, 6.07) is 6.74. The van der Waals surface area contributed by atoms with Crippen LogP contribution in [0.25, 0.3) is 0 Å². The lowest BCUT2D eigenvalue weighted by Crippen LogP contribution is -2.09. The van der Waals surface area contributed by atoms with Gasteiger partial charge in [-0.2, -0.15) is 0 Å². The average Bonchev–Trinajstić information content (AvgIpc) is 2.05. The Labute approximate surface area is 89.4 Å². The van der Waals surface area contributed by atoms with Crippen molar-refractivity contribution in [2.75, 3.05) is 11.0 Å². The highest BCUT2D eigenvalue weighted by molar-refractivity contribution is 7.92. The van der Waals surface area contributed by atoms with E-state index in [9.17, 15) is 13.2 Å². The van der Waals surface area contributed by atoms with E-state index >= 15 is 0 Å². The summed E-state index contributed by atoms with van der Waals surface area (Å²) >= 11 is 0. The normalized spacial score (nSPS) is 11.1. The Hall–Kier alpha value is -1.36. The summed E-state index contributed by atoms with van der Waals surface area (Å²) in [4.78, 5) is 10.8. The molecule has 0 heterocycles. The maximum absolute atomic E-state index is 10.9. The van der Waals surface area contributed by atoms with Crippen molar-refractivity contribution in [2.45, 2.75) is 13.3 Å². The zero-order valence-corrected chi connectivity index (χ0v) is 9.47. The van der Waals surface area contributed by atoms with Gasteiger partial charge in [-0.1, -0.05) is 12.1 Å². The van der Waals surface area contributed by atoms with Gasteiger partial charge in [0.15, 0.2) is 0 Å². The third-order valence-corrected chi connectivity index (χ3v) is 2.32. The highest BCUT2D eigenvalue weighted by atomic mass is 32.2. The number of carbonyl (C=O) groups is 1. The highest BCUT2D eigenvalue weighted by Gasteiger charge is 2.02. The monoisotopic (exact) mass is 227 g/mol. The maximum atomic E-state index is 10.9. The van der Waals surface area contributed by atoms with E-state index in [1.807, 2.05) is 0 Å². The van der Waals surface area contributed by atoms with E-state index in [4.69, 9.17) is 0 Å². The lowest BCUT2D eigenvalue weighted by molar-refractivity contribution is -0.116. The number of hydrogen-bond donors (Lipinski definition) is 1. The first-order valence-electron chi connectivity index (χ1n) is 4.43. The van der Waals surface area contributed by atoms with Crippen LogP contribution in [-0.4, -0.2) is 20.5 Å². The van der Waals surface area contributed by atoms with Crippen LogP contribution >= 0.6 is 0 Å². The molecule has 0 fully saturated rings. The minimum atomic E-state index is -3.23. The molecular formula is C10H13NO3S. The molecule has 0 radical (unpaired) electrons. The second kappa shape index (κ2) is 4.44. The smallest absolute Gasteiger partial charge is 0.229 e. The third kappa shape index (κ3) is 4.60. The maximum Gasteiger partial charge on any atom is 0.229 e. The average molecular weight is 227 g/mol. The number of nitrogens with one attached hydrogen (secondary N) is 1. The van der Waals surface area contributed by atoms with Crippen molar-refractivity contribution in [3.63, 3.8) is 0 Å². The summed E-state index contributed by atoms with van der Waals surface area (Å²) in [6.07, 6.45) is 1.47. The van der Waals surface area contributed by atoms with Crippen LogP contribution in [0.1, 0.15) is 12.5 Å². The molecule has 0 saturated carbocycles. The Bertz CT molecular complexity index is 448. The summed E-state index contributed by atoms with van der Waals surface area (Å²) in [5, 5.41) is 0. The van der Waals surface area contributed by atoms with Gasteiger partial charge >= 0.3 is 0 Å². The molecule has 0 saturated heterocycles. The summed E-state index contributed by atoms with van der Waals surface area (Å²) in [5.74, 6) is 0.0822. The predicted octanol–water partition coefficient (Wildman–Crippen LogP) is 1.19. The molecule has 1 rings (SSSR count). The van der Waals surface area contributed by atoms with Crippen molar-refractivity contribution in [1.82, 2.24) is 0 Å². The Morgan fingerprint density at radius 2 is 1.80 bits per heavy atom. The fourth-order valence-electron chi connectivity index (χ4n) is 1.19. The van der Waals surface area contributed by atoms with Gasteiger partial charge in [-0.15, -0.1) is 0 Å². The number of ketones is 1. The van der Waals surface area contributed by atoms with Gasteiger partial charge in [0, 0.05) is 12.1 Å². The molecule has 0 aliphatic rings. The van der Waals surface area contributed by atoms with Crippen molar-refractivity contribution in [1.29, 1.82) is 0 Å². The molecule has 1 N–H and O–H groups in total. The minimum absolute atomic E-state index is 0.0822. The lowest BCUT2D eigenvalue weighted by atomic mass is 10.1. The molecule has 0 amide bonds. The molecule has 0 spiro atoms. The molecular weight excluding hydrogens is 214 g/mol. The molecule has 0 atom stereocenters. The Kier molecular flexibility index (Phi) is 3.47. The topological polar surface area (TPSA) is 63.2 Å². The highest BCUT2D eigenvalue weighted by Crippen LogP contribution is 2.11. The first-order chi connectivity index (χ1) is 6.87. The molecule has 82 valence electrons. The van der Waals surface area contributed by atoms with Crippen molar-refractivity contribution < 1.29 is 13.2 Å². The molecule has 0 bridgehead atoms. The van der Waals surface area contributed by atoms with E-state index in [1.165, 1.54) is 6.92 Å². The minimum Gasteiger partial charge on any atom is -0.300 e. The molecule has 1 aromatic carbocycles. The van der Waals surface area contributed by atoms with E-state index in [0.29, 0.717) is 12.1 Å². The number of sulfonamides is 1. The van der Waals surface area contributed by atoms with Gasteiger partial charge in [-0.3, -0.25) is 9.52 Å².